The molecule has 53 heavy (non-hydrogen) atoms. The number of fused-ring (bicyclic) bond motifs is 1. The first-order chi connectivity index (χ1) is 26.3. The summed E-state index contributed by atoms with van der Waals surface area (Å²) in [6, 6.07) is 80.8. The summed E-state index contributed by atoms with van der Waals surface area (Å²) in [6.45, 7) is 0. The van der Waals surface area contributed by atoms with Crippen molar-refractivity contribution in [3.63, 3.8) is 0 Å². The molecule has 0 fully saturated rings. The summed E-state index contributed by atoms with van der Waals surface area (Å²) < 4.78 is 0. The largest absolute Gasteiger partial charge is 0.311 e. The fraction of sp³-hybridized carbons (Fsp3) is 0. The number of para-hydroxylation sites is 2. The van der Waals surface area contributed by atoms with Crippen LogP contribution >= 0.6 is 0 Å². The summed E-state index contributed by atoms with van der Waals surface area (Å²) >= 11 is 0. The lowest BCUT2D eigenvalue weighted by atomic mass is 9.77. The van der Waals surface area contributed by atoms with Crippen LogP contribution in [0.2, 0.25) is 0 Å². The predicted molar refractivity (Wildman–Crippen MR) is 226 cm³/mol. The van der Waals surface area contributed by atoms with Gasteiger partial charge in [-0.2, -0.15) is 0 Å². The summed E-state index contributed by atoms with van der Waals surface area (Å²) in [5.41, 5.74) is 15.4. The summed E-state index contributed by atoms with van der Waals surface area (Å²) in [7, 11) is 0. The average molecular weight is 676 g/mol. The molecule has 0 aromatic heterocycles. The lowest BCUT2D eigenvalue weighted by Gasteiger charge is -2.26. The standard InChI is InChI=1S/C52H37N/c1-7-20-39(21-8-1)48-47-33-19-32-46(38-34-36-45(37-35-38)53(43-28-15-5-16-29-43)44-30-17-6-18-31-44)52(47)51(42-26-13-4-14-27-42)50(41-24-11-3-12-25-41)49(48)40-22-9-2-10-23-40/h1-37H. The Morgan fingerprint density at radius 3 is 1.04 bits per heavy atom. The van der Waals surface area contributed by atoms with E-state index in [1.165, 1.54) is 66.4 Å². The van der Waals surface area contributed by atoms with Crippen molar-refractivity contribution in [2.75, 3.05) is 4.90 Å². The molecule has 0 aliphatic rings. The highest BCUT2D eigenvalue weighted by molar-refractivity contribution is 6.21. The number of benzene rings is 9. The highest BCUT2D eigenvalue weighted by atomic mass is 15.1. The van der Waals surface area contributed by atoms with E-state index in [9.17, 15) is 0 Å². The number of anilines is 3. The second-order valence-corrected chi connectivity index (χ2v) is 13.2. The molecule has 1 heteroatoms. The molecule has 0 saturated carbocycles. The molecule has 250 valence electrons. The zero-order chi connectivity index (χ0) is 35.4. The lowest BCUT2D eigenvalue weighted by Crippen LogP contribution is -2.09. The zero-order valence-corrected chi connectivity index (χ0v) is 29.3. The van der Waals surface area contributed by atoms with Crippen LogP contribution in [0, 0.1) is 0 Å². The van der Waals surface area contributed by atoms with Gasteiger partial charge in [0.25, 0.3) is 0 Å². The average Bonchev–Trinajstić information content (AvgIpc) is 3.25. The second-order valence-electron chi connectivity index (χ2n) is 13.2. The summed E-state index contributed by atoms with van der Waals surface area (Å²) in [4.78, 5) is 2.31. The molecule has 9 aromatic carbocycles. The number of hydrogen-bond acceptors (Lipinski definition) is 1. The van der Waals surface area contributed by atoms with Gasteiger partial charge in [-0.15, -0.1) is 0 Å². The Morgan fingerprint density at radius 1 is 0.226 bits per heavy atom. The number of hydrogen-bond donors (Lipinski definition) is 0. The van der Waals surface area contributed by atoms with Crippen LogP contribution in [-0.2, 0) is 0 Å². The molecule has 9 aromatic rings. The van der Waals surface area contributed by atoms with Gasteiger partial charge in [0.05, 0.1) is 0 Å². The normalized spacial score (nSPS) is 11.0. The van der Waals surface area contributed by atoms with Crippen molar-refractivity contribution in [2.24, 2.45) is 0 Å². The molecule has 0 heterocycles. The van der Waals surface area contributed by atoms with Gasteiger partial charge in [-0.1, -0.05) is 188 Å². The van der Waals surface area contributed by atoms with Crippen LogP contribution in [0.3, 0.4) is 0 Å². The van der Waals surface area contributed by atoms with E-state index in [1.807, 2.05) is 0 Å². The molecule has 1 nitrogen and oxygen atoms in total. The Labute approximate surface area is 311 Å². The Morgan fingerprint density at radius 2 is 0.585 bits per heavy atom. The lowest BCUT2D eigenvalue weighted by molar-refractivity contribution is 1.28. The minimum absolute atomic E-state index is 1.11. The molecular weight excluding hydrogens is 639 g/mol. The van der Waals surface area contributed by atoms with Crippen molar-refractivity contribution in [1.82, 2.24) is 0 Å². The highest BCUT2D eigenvalue weighted by Crippen LogP contribution is 2.53. The maximum absolute atomic E-state index is 2.32. The minimum atomic E-state index is 1.11. The summed E-state index contributed by atoms with van der Waals surface area (Å²) in [5.74, 6) is 0. The first kappa shape index (κ1) is 32.0. The van der Waals surface area contributed by atoms with E-state index >= 15 is 0 Å². The first-order valence-corrected chi connectivity index (χ1v) is 18.2. The van der Waals surface area contributed by atoms with Gasteiger partial charge in [-0.05, 0) is 103 Å². The van der Waals surface area contributed by atoms with E-state index < -0.39 is 0 Å². The third-order valence-corrected chi connectivity index (χ3v) is 10.0. The van der Waals surface area contributed by atoms with Gasteiger partial charge in [-0.3, -0.25) is 0 Å². The molecule has 0 unspecified atom stereocenters. The van der Waals surface area contributed by atoms with Crippen LogP contribution in [0.5, 0.6) is 0 Å². The molecule has 0 aliphatic heterocycles. The Balaban J connectivity index is 1.37. The fourth-order valence-corrected chi connectivity index (χ4v) is 7.76. The van der Waals surface area contributed by atoms with E-state index in [-0.39, 0.29) is 0 Å². The predicted octanol–water partition coefficient (Wildman–Crippen LogP) is 14.6. The van der Waals surface area contributed by atoms with E-state index in [0.29, 0.717) is 0 Å². The van der Waals surface area contributed by atoms with Crippen molar-refractivity contribution in [2.45, 2.75) is 0 Å². The van der Waals surface area contributed by atoms with Crippen molar-refractivity contribution in [3.8, 4) is 55.6 Å². The van der Waals surface area contributed by atoms with Crippen molar-refractivity contribution < 1.29 is 0 Å². The molecule has 0 aliphatic carbocycles. The van der Waals surface area contributed by atoms with Gasteiger partial charge in [0, 0.05) is 17.1 Å². The summed E-state index contributed by atoms with van der Waals surface area (Å²) in [5, 5.41) is 2.47. The van der Waals surface area contributed by atoms with Gasteiger partial charge >= 0.3 is 0 Å². The third-order valence-electron chi connectivity index (χ3n) is 10.0. The molecule has 0 saturated heterocycles. The molecular formula is C52H37N. The Kier molecular flexibility index (Phi) is 8.66. The van der Waals surface area contributed by atoms with Gasteiger partial charge < -0.3 is 4.90 Å². The monoisotopic (exact) mass is 675 g/mol. The van der Waals surface area contributed by atoms with Crippen molar-refractivity contribution in [1.29, 1.82) is 0 Å². The molecule has 0 radical (unpaired) electrons. The van der Waals surface area contributed by atoms with E-state index in [0.717, 1.165) is 17.1 Å². The number of rotatable bonds is 8. The van der Waals surface area contributed by atoms with Gasteiger partial charge in [0.2, 0.25) is 0 Å². The maximum atomic E-state index is 2.32. The molecule has 0 spiro atoms. The van der Waals surface area contributed by atoms with Crippen molar-refractivity contribution in [3.05, 3.63) is 224 Å². The second kappa shape index (κ2) is 14.3. The number of nitrogens with zero attached hydrogens (tertiary/aromatic N) is 1. The smallest absolute Gasteiger partial charge is 0.0462 e. The topological polar surface area (TPSA) is 3.24 Å². The van der Waals surface area contributed by atoms with Gasteiger partial charge in [-0.25, -0.2) is 0 Å². The zero-order valence-electron chi connectivity index (χ0n) is 29.3. The minimum Gasteiger partial charge on any atom is -0.311 e. The van der Waals surface area contributed by atoms with E-state index in [2.05, 4.69) is 229 Å². The quantitative estimate of drug-likeness (QED) is 0.155. The third kappa shape index (κ3) is 6.09. The SMILES string of the molecule is c1ccc(-c2c(-c3ccccc3)c(-c3ccccc3)c3c(-c4ccc(N(c5ccccc5)c5ccccc5)cc4)cccc3c2-c2ccccc2)cc1. The molecule has 0 atom stereocenters. The molecule has 9 rings (SSSR count). The molecule has 0 bridgehead atoms. The van der Waals surface area contributed by atoms with Crippen LogP contribution in [0.4, 0.5) is 17.1 Å². The fourth-order valence-electron chi connectivity index (χ4n) is 7.76. The van der Waals surface area contributed by atoms with E-state index in [4.69, 9.17) is 0 Å². The van der Waals surface area contributed by atoms with Crippen LogP contribution in [0.1, 0.15) is 0 Å². The maximum Gasteiger partial charge on any atom is 0.0462 e. The Bertz CT molecular complexity index is 2560. The van der Waals surface area contributed by atoms with Crippen LogP contribution in [0.15, 0.2) is 224 Å². The molecule has 0 N–H and O–H groups in total. The van der Waals surface area contributed by atoms with Crippen LogP contribution < -0.4 is 4.90 Å². The van der Waals surface area contributed by atoms with Crippen LogP contribution in [-0.4, -0.2) is 0 Å². The highest BCUT2D eigenvalue weighted by Gasteiger charge is 2.25. The van der Waals surface area contributed by atoms with Gasteiger partial charge in [0.15, 0.2) is 0 Å². The summed E-state index contributed by atoms with van der Waals surface area (Å²) in [6.07, 6.45) is 0. The van der Waals surface area contributed by atoms with Crippen LogP contribution in [0.25, 0.3) is 66.4 Å². The van der Waals surface area contributed by atoms with Crippen molar-refractivity contribution >= 4 is 27.8 Å². The Hall–Kier alpha value is -6.96. The van der Waals surface area contributed by atoms with Gasteiger partial charge in [0.1, 0.15) is 0 Å². The molecule has 0 amide bonds. The van der Waals surface area contributed by atoms with E-state index in [1.54, 1.807) is 0 Å². The first-order valence-electron chi connectivity index (χ1n) is 18.2.